The van der Waals surface area contributed by atoms with Gasteiger partial charge >= 0.3 is 6.09 Å². The van der Waals surface area contributed by atoms with Crippen LogP contribution in [-0.2, 0) is 11.3 Å². The first-order valence-corrected chi connectivity index (χ1v) is 5.57. The maximum atomic E-state index is 11.9. The van der Waals surface area contributed by atoms with E-state index in [1.165, 1.54) is 15.6 Å². The van der Waals surface area contributed by atoms with Crippen LogP contribution in [0.5, 0.6) is 0 Å². The van der Waals surface area contributed by atoms with Crippen LogP contribution < -0.4 is 10.0 Å². The minimum atomic E-state index is -1.36. The Hall–Kier alpha value is -2.05. The van der Waals surface area contributed by atoms with Crippen LogP contribution in [0.2, 0.25) is 0 Å². The van der Waals surface area contributed by atoms with Crippen molar-refractivity contribution in [3.63, 3.8) is 0 Å². The standard InChI is InChI=1S/C11H15N3O4/c1-11(2,3)18-10(17)13-4-5-14-8(13)6-7(12-14)9(15)16/h6H,4-5H2,1-3H3,(H,15,16)/p-1. The molecular weight excluding hydrogens is 238 g/mol. The Balaban J connectivity index is 2.20. The van der Waals surface area contributed by atoms with Crippen LogP contribution in [0.15, 0.2) is 6.07 Å². The summed E-state index contributed by atoms with van der Waals surface area (Å²) < 4.78 is 6.68. The van der Waals surface area contributed by atoms with Crippen molar-refractivity contribution in [3.05, 3.63) is 11.8 Å². The molecule has 7 nitrogen and oxygen atoms in total. The zero-order valence-electron chi connectivity index (χ0n) is 10.5. The SMILES string of the molecule is CC(C)(C)OC(=O)N1CCn2nc(C(=O)[O-])cc21. The number of aromatic carboxylic acids is 1. The third kappa shape index (κ3) is 2.29. The minimum Gasteiger partial charge on any atom is -0.543 e. The lowest BCUT2D eigenvalue weighted by Gasteiger charge is -2.23. The summed E-state index contributed by atoms with van der Waals surface area (Å²) in [5.74, 6) is -0.940. The van der Waals surface area contributed by atoms with Gasteiger partial charge in [-0.2, -0.15) is 5.10 Å². The van der Waals surface area contributed by atoms with Crippen molar-refractivity contribution in [2.45, 2.75) is 32.9 Å². The molecule has 1 aliphatic rings. The molecule has 0 bridgehead atoms. The first-order chi connectivity index (χ1) is 8.28. The molecule has 18 heavy (non-hydrogen) atoms. The molecule has 0 fully saturated rings. The molecule has 0 N–H and O–H groups in total. The second-order valence-corrected chi connectivity index (χ2v) is 5.03. The number of ether oxygens (including phenoxy) is 1. The number of hydrogen-bond acceptors (Lipinski definition) is 5. The van der Waals surface area contributed by atoms with Gasteiger partial charge in [0, 0.05) is 6.07 Å². The Bertz CT molecular complexity index is 501. The summed E-state index contributed by atoms with van der Waals surface area (Å²) in [6.45, 7) is 6.17. The van der Waals surface area contributed by atoms with E-state index in [-0.39, 0.29) is 5.69 Å². The molecule has 2 heterocycles. The molecule has 1 aromatic rings. The van der Waals surface area contributed by atoms with E-state index in [0.717, 1.165) is 0 Å². The number of nitrogens with zero attached hydrogens (tertiary/aromatic N) is 3. The van der Waals surface area contributed by atoms with Crippen LogP contribution in [0.1, 0.15) is 31.3 Å². The van der Waals surface area contributed by atoms with Gasteiger partial charge in [0.05, 0.1) is 19.1 Å². The van der Waals surface area contributed by atoms with E-state index in [0.29, 0.717) is 18.9 Å². The van der Waals surface area contributed by atoms with Gasteiger partial charge in [-0.1, -0.05) is 0 Å². The normalized spacial score (nSPS) is 14.5. The molecule has 0 unspecified atom stereocenters. The van der Waals surface area contributed by atoms with Gasteiger partial charge in [-0.25, -0.2) is 9.48 Å². The molecule has 0 atom stereocenters. The van der Waals surface area contributed by atoms with Gasteiger partial charge in [0.2, 0.25) is 0 Å². The van der Waals surface area contributed by atoms with Gasteiger partial charge in [0.15, 0.2) is 0 Å². The molecule has 0 radical (unpaired) electrons. The van der Waals surface area contributed by atoms with Gasteiger partial charge in [0.25, 0.3) is 0 Å². The van der Waals surface area contributed by atoms with Gasteiger partial charge in [-0.3, -0.25) is 4.90 Å². The zero-order valence-corrected chi connectivity index (χ0v) is 10.5. The topological polar surface area (TPSA) is 87.5 Å². The maximum Gasteiger partial charge on any atom is 0.416 e. The van der Waals surface area contributed by atoms with Crippen molar-refractivity contribution in [2.75, 3.05) is 11.4 Å². The van der Waals surface area contributed by atoms with Crippen molar-refractivity contribution < 1.29 is 19.4 Å². The van der Waals surface area contributed by atoms with E-state index >= 15 is 0 Å². The highest BCUT2D eigenvalue weighted by atomic mass is 16.6. The second-order valence-electron chi connectivity index (χ2n) is 5.03. The summed E-state index contributed by atoms with van der Waals surface area (Å²) >= 11 is 0. The van der Waals surface area contributed by atoms with Crippen LogP contribution in [0.4, 0.5) is 10.6 Å². The van der Waals surface area contributed by atoms with Crippen LogP contribution in [0.25, 0.3) is 0 Å². The quantitative estimate of drug-likeness (QED) is 0.702. The number of carboxylic acid groups (broad SMARTS) is 1. The first kappa shape index (κ1) is 12.4. The smallest absolute Gasteiger partial charge is 0.416 e. The molecule has 0 spiro atoms. The maximum absolute atomic E-state index is 11.9. The summed E-state index contributed by atoms with van der Waals surface area (Å²) in [5.41, 5.74) is -0.778. The Kier molecular flexibility index (Phi) is 2.76. The van der Waals surface area contributed by atoms with Crippen LogP contribution >= 0.6 is 0 Å². The Morgan fingerprint density at radius 1 is 1.39 bits per heavy atom. The number of carbonyl (C=O) groups excluding carboxylic acids is 2. The fourth-order valence-electron chi connectivity index (χ4n) is 1.70. The number of aromatic nitrogens is 2. The summed E-state index contributed by atoms with van der Waals surface area (Å²) in [4.78, 5) is 24.0. The first-order valence-electron chi connectivity index (χ1n) is 5.57. The molecule has 98 valence electrons. The lowest BCUT2D eigenvalue weighted by atomic mass is 10.2. The summed E-state index contributed by atoms with van der Waals surface area (Å²) in [7, 11) is 0. The number of amides is 1. The highest BCUT2D eigenvalue weighted by molar-refractivity contribution is 5.90. The van der Waals surface area contributed by atoms with Gasteiger partial charge < -0.3 is 14.6 Å². The molecule has 1 aliphatic heterocycles. The minimum absolute atomic E-state index is 0.182. The molecule has 0 saturated carbocycles. The fraction of sp³-hybridized carbons (Fsp3) is 0.545. The summed E-state index contributed by atoms with van der Waals surface area (Å²) in [5, 5.41) is 14.5. The van der Waals surface area contributed by atoms with E-state index in [2.05, 4.69) is 5.10 Å². The van der Waals surface area contributed by atoms with E-state index in [1.54, 1.807) is 20.8 Å². The molecule has 1 aromatic heterocycles. The largest absolute Gasteiger partial charge is 0.543 e. The van der Waals surface area contributed by atoms with E-state index in [1.807, 2.05) is 0 Å². The molecule has 2 rings (SSSR count). The van der Waals surface area contributed by atoms with Gasteiger partial charge in [-0.15, -0.1) is 0 Å². The third-order valence-corrected chi connectivity index (χ3v) is 2.39. The number of fused-ring (bicyclic) bond motifs is 1. The molecular formula is C11H14N3O4-. The van der Waals surface area contributed by atoms with E-state index in [4.69, 9.17) is 4.74 Å². The predicted molar refractivity (Wildman–Crippen MR) is 60.1 cm³/mol. The highest BCUT2D eigenvalue weighted by Gasteiger charge is 2.30. The van der Waals surface area contributed by atoms with Crippen LogP contribution in [0, 0.1) is 0 Å². The highest BCUT2D eigenvalue weighted by Crippen LogP contribution is 2.24. The lowest BCUT2D eigenvalue weighted by molar-refractivity contribution is -0.255. The summed E-state index contributed by atoms with van der Waals surface area (Å²) in [6, 6.07) is 1.31. The third-order valence-electron chi connectivity index (χ3n) is 2.39. The number of rotatable bonds is 1. The van der Waals surface area contributed by atoms with E-state index < -0.39 is 17.7 Å². The van der Waals surface area contributed by atoms with Crippen LogP contribution in [-0.4, -0.2) is 34.0 Å². The average Bonchev–Trinajstić information content (AvgIpc) is 2.71. The van der Waals surface area contributed by atoms with Crippen molar-refractivity contribution in [1.82, 2.24) is 9.78 Å². The number of carboxylic acids is 1. The van der Waals surface area contributed by atoms with Crippen molar-refractivity contribution in [2.24, 2.45) is 0 Å². The lowest BCUT2D eigenvalue weighted by Crippen LogP contribution is -2.35. The van der Waals surface area contributed by atoms with Crippen molar-refractivity contribution >= 4 is 17.9 Å². The number of carbonyl (C=O) groups is 2. The van der Waals surface area contributed by atoms with Crippen LogP contribution in [0.3, 0.4) is 0 Å². The predicted octanol–water partition coefficient (Wildman–Crippen LogP) is 0.00170. The monoisotopic (exact) mass is 252 g/mol. The van der Waals surface area contributed by atoms with Crippen molar-refractivity contribution in [3.8, 4) is 0 Å². The Labute approximate surface area is 104 Å². The molecule has 0 aliphatic carbocycles. The Morgan fingerprint density at radius 3 is 2.61 bits per heavy atom. The van der Waals surface area contributed by atoms with Crippen molar-refractivity contribution in [1.29, 1.82) is 0 Å². The van der Waals surface area contributed by atoms with E-state index in [9.17, 15) is 14.7 Å². The summed E-state index contributed by atoms with van der Waals surface area (Å²) in [6.07, 6.45) is -0.508. The Morgan fingerprint density at radius 2 is 2.06 bits per heavy atom. The fourth-order valence-corrected chi connectivity index (χ4v) is 1.70. The van der Waals surface area contributed by atoms with Gasteiger partial charge in [-0.05, 0) is 20.8 Å². The second kappa shape index (κ2) is 4.01. The molecule has 0 aromatic carbocycles. The average molecular weight is 252 g/mol. The molecule has 1 amide bonds. The van der Waals surface area contributed by atoms with Gasteiger partial charge in [0.1, 0.15) is 17.1 Å². The number of anilines is 1. The molecule has 0 saturated heterocycles. The number of hydrogen-bond donors (Lipinski definition) is 0. The molecule has 7 heteroatoms. The zero-order chi connectivity index (χ0) is 13.5.